The zero-order valence-corrected chi connectivity index (χ0v) is 8.70. The maximum absolute atomic E-state index is 9.27. The summed E-state index contributed by atoms with van der Waals surface area (Å²) < 4.78 is 5.13. The average molecular weight is 228 g/mol. The molecular weight excluding hydrogens is 211 g/mol. The quantitative estimate of drug-likeness (QED) is 0.370. The van der Waals surface area contributed by atoms with Gasteiger partial charge in [-0.3, -0.25) is 0 Å². The van der Waals surface area contributed by atoms with Gasteiger partial charge in [0.2, 0.25) is 0 Å². The van der Waals surface area contributed by atoms with E-state index in [0.717, 1.165) is 0 Å². The summed E-state index contributed by atoms with van der Waals surface area (Å²) in [5, 5.41) is 18.4. The minimum atomic E-state index is -4.00. The van der Waals surface area contributed by atoms with Crippen molar-refractivity contribution in [2.24, 2.45) is 0 Å². The third kappa shape index (κ3) is 4.14. The van der Waals surface area contributed by atoms with Crippen LogP contribution in [0.1, 0.15) is 12.8 Å². The Hall–Kier alpha value is 0.190. The Morgan fingerprint density at radius 2 is 1.79 bits per heavy atom. The number of hydrogen-bond acceptors (Lipinski definition) is 6. The van der Waals surface area contributed by atoms with Gasteiger partial charge in [-0.2, -0.15) is 0 Å². The standard InChI is InChI=1S/C7H17O6P/c8-6-3-5(13-4-7(6)9)1-2-14(10,11)12/h5-12,14H,1-4H2/t5-,6+,7-/m1/s1. The summed E-state index contributed by atoms with van der Waals surface area (Å²) in [4.78, 5) is 26.2. The van der Waals surface area contributed by atoms with E-state index in [1.54, 1.807) is 0 Å². The predicted molar refractivity (Wildman–Crippen MR) is 50.8 cm³/mol. The van der Waals surface area contributed by atoms with Gasteiger partial charge in [0, 0.05) is 0 Å². The van der Waals surface area contributed by atoms with Crippen LogP contribution >= 0.6 is 7.94 Å². The summed E-state index contributed by atoms with van der Waals surface area (Å²) in [7, 11) is -4.00. The molecule has 0 spiro atoms. The summed E-state index contributed by atoms with van der Waals surface area (Å²) in [5.74, 6) is 0. The zero-order chi connectivity index (χ0) is 10.8. The van der Waals surface area contributed by atoms with Crippen molar-refractivity contribution < 1.29 is 29.6 Å². The average Bonchev–Trinajstić information content (AvgIpc) is 2.06. The molecule has 14 heavy (non-hydrogen) atoms. The molecule has 7 heteroatoms. The molecule has 5 N–H and O–H groups in total. The van der Waals surface area contributed by atoms with Gasteiger partial charge in [-0.25, -0.2) is 0 Å². The molecule has 0 radical (unpaired) electrons. The second-order valence-corrected chi connectivity index (χ2v) is 5.69. The van der Waals surface area contributed by atoms with E-state index in [1.165, 1.54) is 0 Å². The van der Waals surface area contributed by atoms with Gasteiger partial charge in [0.1, 0.15) is 0 Å². The van der Waals surface area contributed by atoms with Crippen molar-refractivity contribution in [1.82, 2.24) is 0 Å². The molecule has 0 bridgehead atoms. The third-order valence-corrected chi connectivity index (χ3v) is 3.21. The minimum absolute atomic E-state index is 0.0443. The van der Waals surface area contributed by atoms with Crippen LogP contribution in [0.15, 0.2) is 0 Å². The van der Waals surface area contributed by atoms with Gasteiger partial charge < -0.3 is 0 Å². The van der Waals surface area contributed by atoms with Crippen molar-refractivity contribution in [2.45, 2.75) is 31.2 Å². The van der Waals surface area contributed by atoms with Crippen LogP contribution in [0.4, 0.5) is 0 Å². The SMILES string of the molecule is O[C@@H]1CO[C@H](CC[PH](O)(O)O)C[C@@H]1O. The number of hydrogen-bond donors (Lipinski definition) is 5. The fourth-order valence-corrected chi connectivity index (χ4v) is 2.11. The van der Waals surface area contributed by atoms with Crippen LogP contribution in [0.5, 0.6) is 0 Å². The molecule has 0 saturated carbocycles. The number of aliphatic hydroxyl groups excluding tert-OH is 2. The molecule has 3 atom stereocenters. The Labute approximate surface area is 82.4 Å². The maximum atomic E-state index is 9.27. The van der Waals surface area contributed by atoms with E-state index >= 15 is 0 Å². The van der Waals surface area contributed by atoms with Crippen molar-refractivity contribution in [1.29, 1.82) is 0 Å². The molecule has 1 aliphatic heterocycles. The monoisotopic (exact) mass is 228 g/mol. The van der Waals surface area contributed by atoms with Gasteiger partial charge in [0.15, 0.2) is 0 Å². The first-order valence-corrected chi connectivity index (χ1v) is 6.58. The van der Waals surface area contributed by atoms with E-state index in [0.29, 0.717) is 0 Å². The van der Waals surface area contributed by atoms with Crippen molar-refractivity contribution in [3.63, 3.8) is 0 Å². The fourth-order valence-electron chi connectivity index (χ4n) is 1.40. The Morgan fingerprint density at radius 1 is 1.14 bits per heavy atom. The Kier molecular flexibility index (Phi) is 4.21. The topological polar surface area (TPSA) is 110 Å². The molecule has 0 aromatic rings. The van der Waals surface area contributed by atoms with Gasteiger partial charge >= 0.3 is 81.5 Å². The number of aliphatic hydroxyl groups is 2. The molecule has 0 unspecified atom stereocenters. The van der Waals surface area contributed by atoms with E-state index in [1.807, 2.05) is 0 Å². The van der Waals surface area contributed by atoms with E-state index in [4.69, 9.17) is 24.5 Å². The van der Waals surface area contributed by atoms with E-state index < -0.39 is 20.2 Å². The molecule has 1 heterocycles. The molecule has 86 valence electrons. The van der Waals surface area contributed by atoms with Gasteiger partial charge in [0.25, 0.3) is 0 Å². The van der Waals surface area contributed by atoms with Crippen LogP contribution in [0.2, 0.25) is 0 Å². The molecule has 0 aromatic carbocycles. The first-order chi connectivity index (χ1) is 6.38. The van der Waals surface area contributed by atoms with Crippen LogP contribution in [0.25, 0.3) is 0 Å². The first-order valence-electron chi connectivity index (χ1n) is 4.53. The Bertz CT molecular complexity index is 182. The second-order valence-electron chi connectivity index (χ2n) is 3.64. The van der Waals surface area contributed by atoms with Gasteiger partial charge in [-0.05, 0) is 0 Å². The van der Waals surface area contributed by atoms with Crippen molar-refractivity contribution in [3.8, 4) is 0 Å². The van der Waals surface area contributed by atoms with Gasteiger partial charge in [-0.15, -0.1) is 0 Å². The third-order valence-electron chi connectivity index (χ3n) is 2.25. The fraction of sp³-hybridized carbons (Fsp3) is 1.00. The van der Waals surface area contributed by atoms with Crippen molar-refractivity contribution >= 4 is 7.94 Å². The van der Waals surface area contributed by atoms with Crippen LogP contribution in [-0.4, -0.2) is 56.0 Å². The van der Waals surface area contributed by atoms with Crippen LogP contribution in [-0.2, 0) is 4.74 Å². The summed E-state index contributed by atoms with van der Waals surface area (Å²) in [6, 6.07) is 0. The zero-order valence-electron chi connectivity index (χ0n) is 7.70. The first kappa shape index (κ1) is 12.3. The summed E-state index contributed by atoms with van der Waals surface area (Å²) in [6.07, 6.45) is -1.61. The molecular formula is C7H17O6P. The predicted octanol–water partition coefficient (Wildman–Crippen LogP) is -1.64. The molecule has 6 nitrogen and oxygen atoms in total. The molecule has 1 aliphatic rings. The summed E-state index contributed by atoms with van der Waals surface area (Å²) in [6.45, 7) is 0.0443. The summed E-state index contributed by atoms with van der Waals surface area (Å²) in [5.41, 5.74) is 0. The van der Waals surface area contributed by atoms with Crippen LogP contribution < -0.4 is 0 Å². The Balaban J connectivity index is 2.27. The number of ether oxygens (including phenoxy) is 1. The molecule has 0 aromatic heterocycles. The summed E-state index contributed by atoms with van der Waals surface area (Å²) >= 11 is 0. The molecule has 1 fully saturated rings. The molecule has 0 aliphatic carbocycles. The second kappa shape index (κ2) is 4.81. The normalized spacial score (nSPS) is 35.6. The molecule has 1 rings (SSSR count). The van der Waals surface area contributed by atoms with Crippen molar-refractivity contribution in [3.05, 3.63) is 0 Å². The van der Waals surface area contributed by atoms with E-state index in [2.05, 4.69) is 0 Å². The van der Waals surface area contributed by atoms with Gasteiger partial charge in [-0.1, -0.05) is 0 Å². The van der Waals surface area contributed by atoms with Crippen LogP contribution in [0.3, 0.4) is 0 Å². The molecule has 0 amide bonds. The number of rotatable bonds is 3. The van der Waals surface area contributed by atoms with Crippen LogP contribution in [0, 0.1) is 0 Å². The van der Waals surface area contributed by atoms with Crippen molar-refractivity contribution in [2.75, 3.05) is 12.8 Å². The molecule has 1 saturated heterocycles. The van der Waals surface area contributed by atoms with E-state index in [-0.39, 0.29) is 31.7 Å². The van der Waals surface area contributed by atoms with E-state index in [9.17, 15) is 5.11 Å². The Morgan fingerprint density at radius 3 is 2.29 bits per heavy atom. The van der Waals surface area contributed by atoms with Gasteiger partial charge in [0.05, 0.1) is 0 Å².